The van der Waals surface area contributed by atoms with Crippen LogP contribution in [0.2, 0.25) is 0 Å². The van der Waals surface area contributed by atoms with Gasteiger partial charge in [-0.2, -0.15) is 0 Å². The van der Waals surface area contributed by atoms with Gasteiger partial charge in [-0.05, 0) is 49.7 Å². The summed E-state index contributed by atoms with van der Waals surface area (Å²) in [6.45, 7) is 1.90. The third-order valence-corrected chi connectivity index (χ3v) is 3.94. The number of hydrogen-bond acceptors (Lipinski definition) is 5. The van der Waals surface area contributed by atoms with Crippen molar-refractivity contribution in [2.45, 2.75) is 32.6 Å². The Hall–Kier alpha value is -2.48. The van der Waals surface area contributed by atoms with Crippen LogP contribution in [-0.2, 0) is 19.1 Å². The highest BCUT2D eigenvalue weighted by molar-refractivity contribution is 7.80. The van der Waals surface area contributed by atoms with Crippen LogP contribution in [0.3, 0.4) is 0 Å². The maximum Gasteiger partial charge on any atom is 0.306 e. The predicted molar refractivity (Wildman–Crippen MR) is 98.1 cm³/mol. The van der Waals surface area contributed by atoms with Gasteiger partial charge in [-0.25, -0.2) is 0 Å². The zero-order chi connectivity index (χ0) is 18.4. The van der Waals surface area contributed by atoms with Crippen LogP contribution in [0, 0.1) is 12.8 Å². The van der Waals surface area contributed by atoms with Crippen molar-refractivity contribution in [3.05, 3.63) is 23.8 Å². The molecule has 25 heavy (non-hydrogen) atoms. The largest absolute Gasteiger partial charge is 0.469 e. The first-order chi connectivity index (χ1) is 11.9. The third kappa shape index (κ3) is 6.15. The molecule has 2 amide bonds. The quantitative estimate of drug-likeness (QED) is 0.529. The lowest BCUT2D eigenvalue weighted by atomic mass is 10.1. The Morgan fingerprint density at radius 3 is 2.56 bits per heavy atom. The van der Waals surface area contributed by atoms with E-state index in [1.54, 1.807) is 12.1 Å². The highest BCUT2D eigenvalue weighted by Gasteiger charge is 2.29. The summed E-state index contributed by atoms with van der Waals surface area (Å²) in [5, 5.41) is 8.42. The van der Waals surface area contributed by atoms with E-state index < -0.39 is 5.97 Å². The number of carbonyl (C=O) groups excluding carboxylic acids is 3. The van der Waals surface area contributed by atoms with Gasteiger partial charge in [0.2, 0.25) is 11.8 Å². The van der Waals surface area contributed by atoms with Crippen molar-refractivity contribution >= 4 is 46.5 Å². The second-order valence-corrected chi connectivity index (χ2v) is 6.28. The summed E-state index contributed by atoms with van der Waals surface area (Å²) >= 11 is 5.09. The minimum Gasteiger partial charge on any atom is -0.469 e. The fraction of sp³-hybridized carbons (Fsp3) is 0.412. The molecule has 0 bridgehead atoms. The van der Waals surface area contributed by atoms with Gasteiger partial charge in [0.1, 0.15) is 0 Å². The molecular formula is C17H21N3O4S. The Balaban J connectivity index is 1.88. The molecule has 0 radical (unpaired) electrons. The van der Waals surface area contributed by atoms with Crippen LogP contribution in [0.4, 0.5) is 11.4 Å². The fourth-order valence-electron chi connectivity index (χ4n) is 2.08. The second-order valence-electron chi connectivity index (χ2n) is 5.87. The molecule has 1 fully saturated rings. The van der Waals surface area contributed by atoms with E-state index in [2.05, 4.69) is 20.7 Å². The monoisotopic (exact) mass is 363 g/mol. The van der Waals surface area contributed by atoms with Crippen LogP contribution >= 0.6 is 12.2 Å². The molecule has 0 atom stereocenters. The molecule has 8 heteroatoms. The minimum atomic E-state index is -0.455. The molecule has 0 heterocycles. The molecule has 0 unspecified atom stereocenters. The SMILES string of the molecule is COC(=O)CCC(=O)NC(=S)Nc1ccc(C)c(NC(=O)C2CC2)c1. The topological polar surface area (TPSA) is 96.5 Å². The summed E-state index contributed by atoms with van der Waals surface area (Å²) in [5.41, 5.74) is 2.30. The smallest absolute Gasteiger partial charge is 0.306 e. The van der Waals surface area contributed by atoms with E-state index in [1.165, 1.54) is 7.11 Å². The van der Waals surface area contributed by atoms with Gasteiger partial charge in [-0.3, -0.25) is 14.4 Å². The minimum absolute atomic E-state index is 0.00712. The molecular weight excluding hydrogens is 342 g/mol. The van der Waals surface area contributed by atoms with Crippen molar-refractivity contribution < 1.29 is 19.1 Å². The van der Waals surface area contributed by atoms with Crippen molar-refractivity contribution in [1.82, 2.24) is 5.32 Å². The van der Waals surface area contributed by atoms with Crippen molar-refractivity contribution in [2.75, 3.05) is 17.7 Å². The number of amides is 2. The summed E-state index contributed by atoms with van der Waals surface area (Å²) in [5.74, 6) is -0.689. The Morgan fingerprint density at radius 2 is 1.92 bits per heavy atom. The number of aryl methyl sites for hydroxylation is 1. The Kier molecular flexibility index (Phi) is 6.46. The van der Waals surface area contributed by atoms with Gasteiger partial charge in [0, 0.05) is 23.7 Å². The van der Waals surface area contributed by atoms with Gasteiger partial charge in [-0.15, -0.1) is 0 Å². The number of esters is 1. The van der Waals surface area contributed by atoms with Crippen LogP contribution in [0.1, 0.15) is 31.2 Å². The van der Waals surface area contributed by atoms with Gasteiger partial charge >= 0.3 is 5.97 Å². The molecule has 2 rings (SSSR count). The molecule has 134 valence electrons. The van der Waals surface area contributed by atoms with Gasteiger partial charge in [0.05, 0.1) is 13.5 Å². The molecule has 1 aromatic carbocycles. The second kappa shape index (κ2) is 8.57. The number of thiocarbonyl (C=S) groups is 1. The number of carbonyl (C=O) groups is 3. The van der Waals surface area contributed by atoms with Crippen LogP contribution in [0.25, 0.3) is 0 Å². The van der Waals surface area contributed by atoms with Crippen molar-refractivity contribution in [2.24, 2.45) is 5.92 Å². The van der Waals surface area contributed by atoms with E-state index in [1.807, 2.05) is 13.0 Å². The van der Waals surface area contributed by atoms with Crippen molar-refractivity contribution in [3.63, 3.8) is 0 Å². The highest BCUT2D eigenvalue weighted by Crippen LogP contribution is 2.31. The molecule has 1 aliphatic rings. The number of ether oxygens (including phenoxy) is 1. The van der Waals surface area contributed by atoms with Crippen LogP contribution in [-0.4, -0.2) is 30.0 Å². The molecule has 1 aliphatic carbocycles. The summed E-state index contributed by atoms with van der Waals surface area (Å²) in [6, 6.07) is 5.42. The van der Waals surface area contributed by atoms with Gasteiger partial charge in [0.15, 0.2) is 5.11 Å². The summed E-state index contributed by atoms with van der Waals surface area (Å²) in [6.07, 6.45) is 1.85. The van der Waals surface area contributed by atoms with Crippen LogP contribution in [0.15, 0.2) is 18.2 Å². The normalized spacial score (nSPS) is 12.9. The summed E-state index contributed by atoms with van der Waals surface area (Å²) in [7, 11) is 1.27. The standard InChI is InChI=1S/C17H21N3O4S/c1-10-3-6-12(9-13(10)19-16(23)11-4-5-11)18-17(25)20-14(21)7-8-15(22)24-2/h3,6,9,11H,4-5,7-8H2,1-2H3,(H,19,23)(H2,18,20,21,25). The fourth-order valence-corrected chi connectivity index (χ4v) is 2.32. The van der Waals surface area contributed by atoms with E-state index in [0.29, 0.717) is 11.4 Å². The number of methoxy groups -OCH3 is 1. The average Bonchev–Trinajstić information content (AvgIpc) is 3.40. The van der Waals surface area contributed by atoms with E-state index in [0.717, 1.165) is 18.4 Å². The van der Waals surface area contributed by atoms with Gasteiger partial charge < -0.3 is 20.7 Å². The predicted octanol–water partition coefficient (Wildman–Crippen LogP) is 2.11. The molecule has 0 saturated heterocycles. The van der Waals surface area contributed by atoms with Crippen molar-refractivity contribution in [3.8, 4) is 0 Å². The van der Waals surface area contributed by atoms with Crippen molar-refractivity contribution in [1.29, 1.82) is 0 Å². The molecule has 7 nitrogen and oxygen atoms in total. The number of hydrogen-bond donors (Lipinski definition) is 3. The Bertz CT molecular complexity index is 701. The number of benzene rings is 1. The Labute approximate surface area is 151 Å². The highest BCUT2D eigenvalue weighted by atomic mass is 32.1. The van der Waals surface area contributed by atoms with Gasteiger partial charge in [0.25, 0.3) is 0 Å². The maximum atomic E-state index is 11.9. The average molecular weight is 363 g/mol. The summed E-state index contributed by atoms with van der Waals surface area (Å²) < 4.78 is 4.48. The van der Waals surface area contributed by atoms with E-state index >= 15 is 0 Å². The molecule has 3 N–H and O–H groups in total. The Morgan fingerprint density at radius 1 is 1.20 bits per heavy atom. The summed E-state index contributed by atoms with van der Waals surface area (Å²) in [4.78, 5) is 34.6. The number of anilines is 2. The molecule has 0 aliphatic heterocycles. The maximum absolute atomic E-state index is 11.9. The van der Waals surface area contributed by atoms with Crippen LogP contribution < -0.4 is 16.0 Å². The van der Waals surface area contributed by atoms with E-state index in [4.69, 9.17) is 12.2 Å². The van der Waals surface area contributed by atoms with Crippen LogP contribution in [0.5, 0.6) is 0 Å². The number of nitrogens with one attached hydrogen (secondary N) is 3. The number of rotatable bonds is 6. The molecule has 1 aromatic rings. The lowest BCUT2D eigenvalue weighted by Crippen LogP contribution is -2.34. The first-order valence-electron chi connectivity index (χ1n) is 7.98. The van der Waals surface area contributed by atoms with E-state index in [9.17, 15) is 14.4 Å². The van der Waals surface area contributed by atoms with E-state index in [-0.39, 0.29) is 35.7 Å². The third-order valence-electron chi connectivity index (χ3n) is 3.74. The lowest BCUT2D eigenvalue weighted by Gasteiger charge is -2.13. The zero-order valence-electron chi connectivity index (χ0n) is 14.2. The molecule has 1 saturated carbocycles. The first kappa shape index (κ1) is 18.9. The lowest BCUT2D eigenvalue weighted by molar-refractivity contribution is -0.142. The van der Waals surface area contributed by atoms with Gasteiger partial charge in [-0.1, -0.05) is 6.07 Å². The molecule has 0 aromatic heterocycles. The molecule has 0 spiro atoms. The zero-order valence-corrected chi connectivity index (χ0v) is 15.0. The first-order valence-corrected chi connectivity index (χ1v) is 8.39.